The molecule has 0 unspecified atom stereocenters. The highest BCUT2D eigenvalue weighted by atomic mass is 32.2. The summed E-state index contributed by atoms with van der Waals surface area (Å²) in [6, 6.07) is 9.20. The molecule has 4 aromatic rings. The summed E-state index contributed by atoms with van der Waals surface area (Å²) in [5, 5.41) is 3.00. The zero-order chi connectivity index (χ0) is 22.2. The van der Waals surface area contributed by atoms with Crippen molar-refractivity contribution in [1.29, 1.82) is 0 Å². The summed E-state index contributed by atoms with van der Waals surface area (Å²) in [5.74, 6) is 0.0111. The van der Waals surface area contributed by atoms with Gasteiger partial charge < -0.3 is 4.74 Å². The molecule has 4 rings (SSSR count). The minimum atomic E-state index is -4.51. The third-order valence-corrected chi connectivity index (χ3v) is 6.64. The van der Waals surface area contributed by atoms with Crippen LogP contribution in [0, 0.1) is 0 Å². The van der Waals surface area contributed by atoms with Crippen LogP contribution in [-0.4, -0.2) is 25.5 Å². The molecule has 1 N–H and O–H groups in total. The highest BCUT2D eigenvalue weighted by Gasteiger charge is 2.31. The van der Waals surface area contributed by atoms with Crippen molar-refractivity contribution in [2.75, 3.05) is 11.8 Å². The normalized spacial score (nSPS) is 12.1. The summed E-state index contributed by atoms with van der Waals surface area (Å²) in [7, 11) is -2.58. The number of nitrogens with one attached hydrogen (secondary N) is 1. The van der Waals surface area contributed by atoms with E-state index in [1.807, 2.05) is 0 Å². The third-order valence-electron chi connectivity index (χ3n) is 4.48. The van der Waals surface area contributed by atoms with Crippen LogP contribution in [0.1, 0.15) is 5.56 Å². The highest BCUT2D eigenvalue weighted by Crippen LogP contribution is 2.38. The predicted molar refractivity (Wildman–Crippen MR) is 112 cm³/mol. The van der Waals surface area contributed by atoms with Crippen LogP contribution >= 0.6 is 11.3 Å². The van der Waals surface area contributed by atoms with Crippen LogP contribution in [0.3, 0.4) is 0 Å². The number of ether oxygens (including phenoxy) is 1. The van der Waals surface area contributed by atoms with Gasteiger partial charge in [0.15, 0.2) is 5.13 Å². The van der Waals surface area contributed by atoms with E-state index in [0.29, 0.717) is 22.0 Å². The van der Waals surface area contributed by atoms with Gasteiger partial charge in [-0.2, -0.15) is 13.2 Å². The number of anilines is 1. The first-order chi connectivity index (χ1) is 14.7. The molecule has 0 saturated carbocycles. The van der Waals surface area contributed by atoms with E-state index in [4.69, 9.17) is 4.74 Å². The summed E-state index contributed by atoms with van der Waals surface area (Å²) in [6.45, 7) is 0. The van der Waals surface area contributed by atoms with Gasteiger partial charge in [-0.25, -0.2) is 13.4 Å². The van der Waals surface area contributed by atoms with Crippen molar-refractivity contribution < 1.29 is 26.3 Å². The lowest BCUT2D eigenvalue weighted by atomic mass is 10.0. The number of sulfonamides is 1. The number of halogens is 3. The SMILES string of the molecule is COc1cc(C(F)(F)F)ccc1-c1nccc2cc(S(=O)(=O)Nc3nccs3)ccc12. The Hall–Kier alpha value is -3.18. The molecule has 0 atom stereocenters. The maximum atomic E-state index is 13.0. The van der Waals surface area contributed by atoms with Crippen molar-refractivity contribution >= 4 is 37.3 Å². The van der Waals surface area contributed by atoms with Gasteiger partial charge in [0, 0.05) is 28.7 Å². The molecule has 160 valence electrons. The molecule has 0 aliphatic carbocycles. The summed E-state index contributed by atoms with van der Waals surface area (Å²) >= 11 is 1.15. The van der Waals surface area contributed by atoms with Gasteiger partial charge in [-0.3, -0.25) is 9.71 Å². The molecule has 0 radical (unpaired) electrons. The minimum Gasteiger partial charge on any atom is -0.496 e. The second-order valence-electron chi connectivity index (χ2n) is 6.40. The minimum absolute atomic E-state index is 0.0111. The van der Waals surface area contributed by atoms with E-state index in [1.54, 1.807) is 17.5 Å². The molecular weight excluding hydrogens is 451 g/mol. The van der Waals surface area contributed by atoms with Crippen LogP contribution in [0.15, 0.2) is 65.1 Å². The molecule has 0 spiro atoms. The largest absolute Gasteiger partial charge is 0.496 e. The zero-order valence-corrected chi connectivity index (χ0v) is 17.5. The summed E-state index contributed by atoms with van der Waals surface area (Å²) < 4.78 is 72.0. The Balaban J connectivity index is 1.79. The third kappa shape index (κ3) is 4.19. The van der Waals surface area contributed by atoms with Gasteiger partial charge in [-0.05, 0) is 41.8 Å². The molecule has 0 fully saturated rings. The van der Waals surface area contributed by atoms with Crippen molar-refractivity contribution in [3.8, 4) is 17.0 Å². The molecule has 0 saturated heterocycles. The monoisotopic (exact) mass is 465 g/mol. The average molecular weight is 465 g/mol. The fourth-order valence-electron chi connectivity index (χ4n) is 3.05. The van der Waals surface area contributed by atoms with Gasteiger partial charge in [0.25, 0.3) is 10.0 Å². The molecule has 11 heteroatoms. The molecular formula is C20H14F3N3O3S2. The van der Waals surface area contributed by atoms with Gasteiger partial charge in [-0.1, -0.05) is 6.07 Å². The molecule has 2 heterocycles. The first kappa shape index (κ1) is 21.1. The summed E-state index contributed by atoms with van der Waals surface area (Å²) in [5.41, 5.74) is -0.104. The van der Waals surface area contributed by atoms with Gasteiger partial charge in [0.05, 0.1) is 23.3 Å². The first-order valence-electron chi connectivity index (χ1n) is 8.76. The maximum absolute atomic E-state index is 13.0. The van der Waals surface area contributed by atoms with Crippen molar-refractivity contribution in [1.82, 2.24) is 9.97 Å². The lowest BCUT2D eigenvalue weighted by molar-refractivity contribution is -0.137. The van der Waals surface area contributed by atoms with E-state index in [2.05, 4.69) is 14.7 Å². The Bertz CT molecular complexity index is 1360. The number of thiazole rings is 1. The zero-order valence-electron chi connectivity index (χ0n) is 15.8. The molecule has 0 aliphatic heterocycles. The Morgan fingerprint density at radius 3 is 2.52 bits per heavy atom. The average Bonchev–Trinajstić information content (AvgIpc) is 3.24. The molecule has 2 aromatic heterocycles. The number of pyridine rings is 1. The number of hydrogen-bond donors (Lipinski definition) is 1. The van der Waals surface area contributed by atoms with E-state index >= 15 is 0 Å². The van der Waals surface area contributed by atoms with E-state index < -0.39 is 21.8 Å². The molecule has 0 bridgehead atoms. The van der Waals surface area contributed by atoms with Crippen LogP contribution in [0.2, 0.25) is 0 Å². The maximum Gasteiger partial charge on any atom is 0.416 e. The number of nitrogens with zero attached hydrogens (tertiary/aromatic N) is 2. The van der Waals surface area contributed by atoms with Crippen LogP contribution < -0.4 is 9.46 Å². The van der Waals surface area contributed by atoms with E-state index in [0.717, 1.165) is 23.5 Å². The van der Waals surface area contributed by atoms with Gasteiger partial charge >= 0.3 is 6.18 Å². The number of alkyl halides is 3. The molecule has 0 amide bonds. The number of methoxy groups -OCH3 is 1. The highest BCUT2D eigenvalue weighted by molar-refractivity contribution is 7.93. The van der Waals surface area contributed by atoms with Crippen molar-refractivity contribution in [2.45, 2.75) is 11.1 Å². The second-order valence-corrected chi connectivity index (χ2v) is 8.98. The standard InChI is InChI=1S/C20H14F3N3O3S2/c1-29-17-11-13(20(21,22)23)2-4-16(17)18-15-5-3-14(10-12(15)6-7-24-18)31(27,28)26-19-25-8-9-30-19/h2-11H,1H3,(H,25,26). The van der Waals surface area contributed by atoms with Crippen LogP contribution in [0.4, 0.5) is 18.3 Å². The van der Waals surface area contributed by atoms with Crippen LogP contribution in [-0.2, 0) is 16.2 Å². The fraction of sp³-hybridized carbons (Fsp3) is 0.100. The Kier molecular flexibility index (Phi) is 5.31. The van der Waals surface area contributed by atoms with E-state index in [9.17, 15) is 21.6 Å². The summed E-state index contributed by atoms with van der Waals surface area (Å²) in [6.07, 6.45) is -1.57. The number of hydrogen-bond acceptors (Lipinski definition) is 6. The number of aromatic nitrogens is 2. The summed E-state index contributed by atoms with van der Waals surface area (Å²) in [4.78, 5) is 8.23. The van der Waals surface area contributed by atoms with Crippen LogP contribution in [0.25, 0.3) is 22.0 Å². The van der Waals surface area contributed by atoms with Crippen LogP contribution in [0.5, 0.6) is 5.75 Å². The van der Waals surface area contributed by atoms with E-state index in [-0.39, 0.29) is 15.8 Å². The van der Waals surface area contributed by atoms with Crippen molar-refractivity contribution in [2.24, 2.45) is 0 Å². The Labute approximate surface area is 179 Å². The molecule has 31 heavy (non-hydrogen) atoms. The predicted octanol–water partition coefficient (Wildman–Crippen LogP) is 5.19. The Morgan fingerprint density at radius 2 is 1.84 bits per heavy atom. The van der Waals surface area contributed by atoms with E-state index in [1.165, 1.54) is 37.7 Å². The fourth-order valence-corrected chi connectivity index (χ4v) is 4.87. The Morgan fingerprint density at radius 1 is 1.03 bits per heavy atom. The lowest BCUT2D eigenvalue weighted by Crippen LogP contribution is -2.12. The number of fused-ring (bicyclic) bond motifs is 1. The van der Waals surface area contributed by atoms with Gasteiger partial charge in [-0.15, -0.1) is 11.3 Å². The molecule has 6 nitrogen and oxygen atoms in total. The first-order valence-corrected chi connectivity index (χ1v) is 11.1. The van der Waals surface area contributed by atoms with Gasteiger partial charge in [0.2, 0.25) is 0 Å². The smallest absolute Gasteiger partial charge is 0.416 e. The van der Waals surface area contributed by atoms with Crippen molar-refractivity contribution in [3.05, 3.63) is 65.8 Å². The lowest BCUT2D eigenvalue weighted by Gasteiger charge is -2.14. The number of benzene rings is 2. The quantitative estimate of drug-likeness (QED) is 0.439. The molecule has 0 aliphatic rings. The number of rotatable bonds is 5. The van der Waals surface area contributed by atoms with Gasteiger partial charge in [0.1, 0.15) is 5.75 Å². The molecule has 2 aromatic carbocycles. The topological polar surface area (TPSA) is 81.2 Å². The second kappa shape index (κ2) is 7.82. The van der Waals surface area contributed by atoms with Crippen molar-refractivity contribution in [3.63, 3.8) is 0 Å².